The number of cyclic esters (lactones) is 1. The van der Waals surface area contributed by atoms with Gasteiger partial charge in [0, 0.05) is 6.42 Å². The third-order valence-corrected chi connectivity index (χ3v) is 5.97. The Balaban J connectivity index is 1.58. The second kappa shape index (κ2) is 10.4. The summed E-state index contributed by atoms with van der Waals surface area (Å²) in [4.78, 5) is 27.4. The van der Waals surface area contributed by atoms with Gasteiger partial charge in [-0.1, -0.05) is 68.4 Å². The molecular formula is C28H29NO5. The highest BCUT2D eigenvalue weighted by atomic mass is 16.6. The maximum absolute atomic E-state index is 13.7. The van der Waals surface area contributed by atoms with Crippen LogP contribution in [-0.4, -0.2) is 40.8 Å². The number of hydrogen-bond donors (Lipinski definition) is 1. The van der Waals surface area contributed by atoms with Crippen LogP contribution < -0.4 is 4.74 Å². The largest absolute Gasteiger partial charge is 0.508 e. The molecule has 1 aliphatic rings. The number of imide groups is 1. The van der Waals surface area contributed by atoms with Crippen LogP contribution in [0, 0.1) is 0 Å². The van der Waals surface area contributed by atoms with E-state index in [0.29, 0.717) is 18.1 Å². The molecule has 6 nitrogen and oxygen atoms in total. The van der Waals surface area contributed by atoms with Crippen molar-refractivity contribution in [3.05, 3.63) is 95.6 Å². The molecule has 3 aromatic rings. The summed E-state index contributed by atoms with van der Waals surface area (Å²) >= 11 is 0. The van der Waals surface area contributed by atoms with Gasteiger partial charge in [-0.2, -0.15) is 0 Å². The molecule has 6 heteroatoms. The topological polar surface area (TPSA) is 76.1 Å². The standard InChI is InChI=1S/C28H29NO5/c1-19(2)22-10-14-25(15-11-22)34-26(17-21-8-12-24(30)13-9-21)27(31)29-23(18-33-28(29)32)16-20-6-4-3-5-7-20/h3-15,19,23,26,30H,16-18H2,1-2H3/t23-,26-/m0/s1. The molecule has 1 fully saturated rings. The zero-order valence-electron chi connectivity index (χ0n) is 19.4. The molecule has 176 valence electrons. The Bertz CT molecular complexity index is 1110. The second-order valence-electron chi connectivity index (χ2n) is 8.83. The molecule has 0 unspecified atom stereocenters. The fourth-order valence-electron chi connectivity index (χ4n) is 4.04. The molecule has 0 bridgehead atoms. The quantitative estimate of drug-likeness (QED) is 0.507. The van der Waals surface area contributed by atoms with Crippen LogP contribution in [0.4, 0.5) is 4.79 Å². The van der Waals surface area contributed by atoms with Gasteiger partial charge in [0.2, 0.25) is 0 Å². The molecule has 34 heavy (non-hydrogen) atoms. The number of aromatic hydroxyl groups is 1. The van der Waals surface area contributed by atoms with E-state index in [0.717, 1.165) is 11.1 Å². The average molecular weight is 460 g/mol. The van der Waals surface area contributed by atoms with Crippen LogP contribution in [0.5, 0.6) is 11.5 Å². The van der Waals surface area contributed by atoms with Crippen molar-refractivity contribution in [2.24, 2.45) is 0 Å². The van der Waals surface area contributed by atoms with E-state index >= 15 is 0 Å². The monoisotopic (exact) mass is 459 g/mol. The Morgan fingerprint density at radius 3 is 2.32 bits per heavy atom. The molecule has 3 aromatic carbocycles. The minimum absolute atomic E-state index is 0.142. The molecule has 2 atom stereocenters. The van der Waals surface area contributed by atoms with Crippen molar-refractivity contribution in [2.45, 2.75) is 44.8 Å². The Morgan fingerprint density at radius 2 is 1.68 bits per heavy atom. The maximum Gasteiger partial charge on any atom is 0.417 e. The van der Waals surface area contributed by atoms with Gasteiger partial charge < -0.3 is 14.6 Å². The fourth-order valence-corrected chi connectivity index (χ4v) is 4.04. The first-order chi connectivity index (χ1) is 16.4. The number of carbonyl (C=O) groups excluding carboxylic acids is 2. The normalized spacial score (nSPS) is 16.4. The Hall–Kier alpha value is -3.80. The molecule has 0 spiro atoms. The maximum atomic E-state index is 13.7. The van der Waals surface area contributed by atoms with Gasteiger partial charge in [0.15, 0.2) is 6.10 Å². The van der Waals surface area contributed by atoms with Crippen LogP contribution in [0.1, 0.15) is 36.5 Å². The van der Waals surface area contributed by atoms with Crippen molar-refractivity contribution in [3.8, 4) is 11.5 Å². The number of carbonyl (C=O) groups is 2. The van der Waals surface area contributed by atoms with Crippen LogP contribution in [0.2, 0.25) is 0 Å². The summed E-state index contributed by atoms with van der Waals surface area (Å²) in [6, 6.07) is 23.6. The van der Waals surface area contributed by atoms with E-state index in [1.165, 1.54) is 10.5 Å². The van der Waals surface area contributed by atoms with Crippen molar-refractivity contribution in [2.75, 3.05) is 6.61 Å². The van der Waals surface area contributed by atoms with Gasteiger partial charge in [0.1, 0.15) is 18.1 Å². The van der Waals surface area contributed by atoms with E-state index in [-0.39, 0.29) is 18.8 Å². The lowest BCUT2D eigenvalue weighted by molar-refractivity contribution is -0.136. The summed E-state index contributed by atoms with van der Waals surface area (Å²) in [5.41, 5.74) is 2.99. The zero-order chi connectivity index (χ0) is 24.1. The lowest BCUT2D eigenvalue weighted by Gasteiger charge is -2.26. The number of nitrogens with zero attached hydrogens (tertiary/aromatic N) is 1. The Kier molecular flexibility index (Phi) is 7.16. The van der Waals surface area contributed by atoms with Crippen LogP contribution >= 0.6 is 0 Å². The van der Waals surface area contributed by atoms with Crippen molar-refractivity contribution in [1.82, 2.24) is 4.90 Å². The summed E-state index contributed by atoms with van der Waals surface area (Å²) in [6.07, 6.45) is -0.834. The van der Waals surface area contributed by atoms with Crippen LogP contribution in [0.15, 0.2) is 78.9 Å². The number of rotatable bonds is 8. The van der Waals surface area contributed by atoms with Crippen molar-refractivity contribution in [3.63, 3.8) is 0 Å². The summed E-state index contributed by atoms with van der Waals surface area (Å²) in [5.74, 6) is 0.627. The molecule has 2 amide bonds. The van der Waals surface area contributed by atoms with E-state index in [1.54, 1.807) is 24.3 Å². The lowest BCUT2D eigenvalue weighted by Crippen LogP contribution is -2.48. The number of phenols is 1. The smallest absolute Gasteiger partial charge is 0.417 e. The highest BCUT2D eigenvalue weighted by molar-refractivity contribution is 5.96. The number of ether oxygens (including phenoxy) is 2. The molecule has 1 aliphatic heterocycles. The van der Waals surface area contributed by atoms with Gasteiger partial charge >= 0.3 is 6.09 Å². The first-order valence-corrected chi connectivity index (χ1v) is 11.5. The molecule has 0 aliphatic carbocycles. The predicted molar refractivity (Wildman–Crippen MR) is 129 cm³/mol. The molecule has 0 aromatic heterocycles. The van der Waals surface area contributed by atoms with Gasteiger partial charge in [-0.05, 0) is 53.3 Å². The first-order valence-electron chi connectivity index (χ1n) is 11.5. The molecule has 1 saturated heterocycles. The summed E-state index contributed by atoms with van der Waals surface area (Å²) < 4.78 is 11.4. The lowest BCUT2D eigenvalue weighted by atomic mass is 10.0. The van der Waals surface area contributed by atoms with Gasteiger partial charge in [-0.25, -0.2) is 9.69 Å². The van der Waals surface area contributed by atoms with E-state index in [1.807, 2.05) is 54.6 Å². The first kappa shape index (κ1) is 23.4. The fraction of sp³-hybridized carbons (Fsp3) is 0.286. The van der Waals surface area contributed by atoms with Gasteiger partial charge in [-0.3, -0.25) is 4.79 Å². The Labute approximate surface area is 199 Å². The summed E-state index contributed by atoms with van der Waals surface area (Å²) in [7, 11) is 0. The SMILES string of the molecule is CC(C)c1ccc(O[C@@H](Cc2ccc(O)cc2)C(=O)N2C(=O)OC[C@@H]2Cc2ccccc2)cc1. The number of amides is 2. The zero-order valence-corrected chi connectivity index (χ0v) is 19.4. The van der Waals surface area contributed by atoms with Crippen LogP contribution in [0.25, 0.3) is 0 Å². The molecule has 1 N–H and O–H groups in total. The third kappa shape index (κ3) is 5.57. The van der Waals surface area contributed by atoms with E-state index in [9.17, 15) is 14.7 Å². The van der Waals surface area contributed by atoms with E-state index in [2.05, 4.69) is 13.8 Å². The number of benzene rings is 3. The highest BCUT2D eigenvalue weighted by Crippen LogP contribution is 2.24. The number of phenolic OH excluding ortho intramolecular Hbond substituents is 1. The minimum Gasteiger partial charge on any atom is -0.508 e. The van der Waals surface area contributed by atoms with E-state index in [4.69, 9.17) is 9.47 Å². The molecule has 4 rings (SSSR count). The molecule has 1 heterocycles. The Morgan fingerprint density at radius 1 is 1.00 bits per heavy atom. The third-order valence-electron chi connectivity index (χ3n) is 5.97. The van der Waals surface area contributed by atoms with Crippen LogP contribution in [0.3, 0.4) is 0 Å². The minimum atomic E-state index is -0.932. The van der Waals surface area contributed by atoms with Gasteiger partial charge in [0.25, 0.3) is 5.91 Å². The summed E-state index contributed by atoms with van der Waals surface area (Å²) in [6.45, 7) is 4.37. The van der Waals surface area contributed by atoms with Crippen molar-refractivity contribution < 1.29 is 24.2 Å². The average Bonchev–Trinajstić information content (AvgIpc) is 3.20. The number of hydrogen-bond acceptors (Lipinski definition) is 5. The van der Waals surface area contributed by atoms with Gasteiger partial charge in [0.05, 0.1) is 6.04 Å². The molecule has 0 saturated carbocycles. The van der Waals surface area contributed by atoms with E-state index < -0.39 is 24.1 Å². The van der Waals surface area contributed by atoms with Crippen molar-refractivity contribution in [1.29, 1.82) is 0 Å². The summed E-state index contributed by atoms with van der Waals surface area (Å²) in [5, 5.41) is 9.62. The van der Waals surface area contributed by atoms with Gasteiger partial charge in [-0.15, -0.1) is 0 Å². The highest BCUT2D eigenvalue weighted by Gasteiger charge is 2.41. The predicted octanol–water partition coefficient (Wildman–Crippen LogP) is 5.10. The van der Waals surface area contributed by atoms with Crippen molar-refractivity contribution >= 4 is 12.0 Å². The molecular weight excluding hydrogens is 430 g/mol. The second-order valence-corrected chi connectivity index (χ2v) is 8.83. The van der Waals surface area contributed by atoms with Crippen LogP contribution in [-0.2, 0) is 22.4 Å². The molecule has 0 radical (unpaired) electrons.